The first-order valence-corrected chi connectivity index (χ1v) is 5.78. The zero-order valence-corrected chi connectivity index (χ0v) is 10.8. The molecule has 16 heavy (non-hydrogen) atoms. The molecule has 1 aromatic carbocycles. The van der Waals surface area contributed by atoms with Crippen LogP contribution in [0.15, 0.2) is 29.1 Å². The number of aromatic hydroxyl groups is 1. The first-order valence-electron chi connectivity index (χ1n) is 4.32. The van der Waals surface area contributed by atoms with Crippen LogP contribution in [0.2, 0.25) is 5.02 Å². The van der Waals surface area contributed by atoms with Gasteiger partial charge in [-0.15, -0.1) is 0 Å². The standard InChI is InChI=1S/C10H6ClIN2O2/c11-6-3-1-2-5(4-6)8-13-9(15)7(12)10(16)14-8/h1-4H,(H2,13,14,15,16). The molecular formula is C10H6ClIN2O2. The van der Waals surface area contributed by atoms with Crippen molar-refractivity contribution in [2.75, 3.05) is 0 Å². The molecule has 0 unspecified atom stereocenters. The van der Waals surface area contributed by atoms with E-state index in [0.717, 1.165) is 0 Å². The van der Waals surface area contributed by atoms with Gasteiger partial charge >= 0.3 is 0 Å². The molecule has 0 bridgehead atoms. The van der Waals surface area contributed by atoms with Crippen LogP contribution in [-0.4, -0.2) is 15.1 Å². The summed E-state index contributed by atoms with van der Waals surface area (Å²) < 4.78 is 0.170. The summed E-state index contributed by atoms with van der Waals surface area (Å²) in [5, 5.41) is 9.98. The first kappa shape index (κ1) is 11.4. The Bertz CT molecular complexity index is 598. The summed E-state index contributed by atoms with van der Waals surface area (Å²) in [4.78, 5) is 17.9. The Morgan fingerprint density at radius 3 is 2.81 bits per heavy atom. The second-order valence-corrected chi connectivity index (χ2v) is 4.58. The lowest BCUT2D eigenvalue weighted by atomic mass is 10.2. The van der Waals surface area contributed by atoms with Crippen LogP contribution in [0.4, 0.5) is 0 Å². The van der Waals surface area contributed by atoms with Crippen LogP contribution in [-0.2, 0) is 0 Å². The van der Waals surface area contributed by atoms with Gasteiger partial charge in [-0.3, -0.25) is 4.79 Å². The van der Waals surface area contributed by atoms with Crippen molar-refractivity contribution >= 4 is 34.2 Å². The highest BCUT2D eigenvalue weighted by Gasteiger charge is 2.08. The average Bonchev–Trinajstić information content (AvgIpc) is 2.25. The number of aromatic amines is 1. The Hall–Kier alpha value is -1.08. The van der Waals surface area contributed by atoms with Crippen molar-refractivity contribution in [2.45, 2.75) is 0 Å². The van der Waals surface area contributed by atoms with Crippen molar-refractivity contribution < 1.29 is 5.11 Å². The number of halogens is 2. The molecule has 0 amide bonds. The highest BCUT2D eigenvalue weighted by atomic mass is 127. The average molecular weight is 349 g/mol. The van der Waals surface area contributed by atoms with Gasteiger partial charge in [-0.05, 0) is 34.7 Å². The van der Waals surface area contributed by atoms with Gasteiger partial charge in [0, 0.05) is 10.6 Å². The summed E-state index contributed by atoms with van der Waals surface area (Å²) in [7, 11) is 0. The first-order chi connectivity index (χ1) is 7.58. The SMILES string of the molecule is O=c1[nH]c(-c2cccc(Cl)c2)nc(O)c1I. The van der Waals surface area contributed by atoms with Gasteiger partial charge < -0.3 is 10.1 Å². The number of hydrogen-bond donors (Lipinski definition) is 2. The van der Waals surface area contributed by atoms with Crippen molar-refractivity contribution in [2.24, 2.45) is 0 Å². The molecule has 0 saturated carbocycles. The fourth-order valence-electron chi connectivity index (χ4n) is 1.22. The molecule has 2 N–H and O–H groups in total. The third kappa shape index (κ3) is 2.19. The molecule has 0 aliphatic heterocycles. The monoisotopic (exact) mass is 348 g/mol. The molecule has 1 heterocycles. The van der Waals surface area contributed by atoms with E-state index < -0.39 is 0 Å². The molecule has 4 nitrogen and oxygen atoms in total. The third-order valence-corrected chi connectivity index (χ3v) is 3.15. The van der Waals surface area contributed by atoms with E-state index in [9.17, 15) is 9.90 Å². The van der Waals surface area contributed by atoms with Crippen molar-refractivity contribution in [3.05, 3.63) is 43.2 Å². The van der Waals surface area contributed by atoms with Gasteiger partial charge in [0.2, 0.25) is 5.88 Å². The third-order valence-electron chi connectivity index (χ3n) is 1.94. The lowest BCUT2D eigenvalue weighted by molar-refractivity contribution is 0.447. The van der Waals surface area contributed by atoms with Gasteiger partial charge in [-0.1, -0.05) is 23.7 Å². The Balaban J connectivity index is 2.61. The van der Waals surface area contributed by atoms with E-state index in [-0.39, 0.29) is 15.0 Å². The molecule has 0 atom stereocenters. The molecule has 6 heteroatoms. The zero-order chi connectivity index (χ0) is 11.7. The minimum atomic E-state index is -0.372. The number of nitrogens with zero attached hydrogens (tertiary/aromatic N) is 1. The number of benzene rings is 1. The number of aromatic nitrogens is 2. The van der Waals surface area contributed by atoms with Gasteiger partial charge in [0.05, 0.1) is 0 Å². The van der Waals surface area contributed by atoms with Crippen LogP contribution in [0.25, 0.3) is 11.4 Å². The normalized spacial score (nSPS) is 10.4. The molecule has 0 saturated heterocycles. The molecule has 2 aromatic rings. The van der Waals surface area contributed by atoms with E-state index in [1.165, 1.54) is 0 Å². The van der Waals surface area contributed by atoms with Gasteiger partial charge in [-0.25, -0.2) is 0 Å². The Morgan fingerprint density at radius 1 is 1.44 bits per heavy atom. The molecular weight excluding hydrogens is 342 g/mol. The van der Waals surface area contributed by atoms with Gasteiger partial charge in [0.15, 0.2) is 0 Å². The Kier molecular flexibility index (Phi) is 3.15. The van der Waals surface area contributed by atoms with Crippen molar-refractivity contribution in [3.8, 4) is 17.3 Å². The molecule has 0 spiro atoms. The summed E-state index contributed by atoms with van der Waals surface area (Å²) in [6.45, 7) is 0. The Morgan fingerprint density at radius 2 is 2.19 bits per heavy atom. The zero-order valence-electron chi connectivity index (χ0n) is 7.87. The quantitative estimate of drug-likeness (QED) is 0.778. The lowest BCUT2D eigenvalue weighted by Crippen LogP contribution is -2.12. The molecule has 0 aliphatic rings. The molecule has 0 radical (unpaired) electrons. The van der Waals surface area contributed by atoms with E-state index in [0.29, 0.717) is 16.4 Å². The summed E-state index contributed by atoms with van der Waals surface area (Å²) in [5.74, 6) is 0.0183. The van der Waals surface area contributed by atoms with Crippen LogP contribution in [0.3, 0.4) is 0 Å². The minimum absolute atomic E-state index is 0.170. The smallest absolute Gasteiger partial charge is 0.268 e. The summed E-state index contributed by atoms with van der Waals surface area (Å²) in [6.07, 6.45) is 0. The van der Waals surface area contributed by atoms with Gasteiger partial charge in [0.25, 0.3) is 5.56 Å². The Labute approximate surface area is 109 Å². The lowest BCUT2D eigenvalue weighted by Gasteiger charge is -2.02. The maximum atomic E-state index is 11.4. The number of hydrogen-bond acceptors (Lipinski definition) is 3. The van der Waals surface area contributed by atoms with E-state index in [2.05, 4.69) is 9.97 Å². The maximum absolute atomic E-state index is 11.4. The van der Waals surface area contributed by atoms with Crippen molar-refractivity contribution in [1.29, 1.82) is 0 Å². The van der Waals surface area contributed by atoms with Crippen LogP contribution in [0, 0.1) is 3.57 Å². The van der Waals surface area contributed by atoms with Crippen LogP contribution < -0.4 is 5.56 Å². The molecule has 0 aliphatic carbocycles. The van der Waals surface area contributed by atoms with Gasteiger partial charge in [0.1, 0.15) is 9.39 Å². The summed E-state index contributed by atoms with van der Waals surface area (Å²) >= 11 is 7.55. The largest absolute Gasteiger partial charge is 0.492 e. The predicted molar refractivity (Wildman–Crippen MR) is 69.7 cm³/mol. The number of nitrogens with one attached hydrogen (secondary N) is 1. The van der Waals surface area contributed by atoms with Crippen LogP contribution >= 0.6 is 34.2 Å². The van der Waals surface area contributed by atoms with Crippen molar-refractivity contribution in [1.82, 2.24) is 9.97 Å². The highest BCUT2D eigenvalue weighted by Crippen LogP contribution is 2.21. The van der Waals surface area contributed by atoms with E-state index in [1.54, 1.807) is 46.9 Å². The topological polar surface area (TPSA) is 66.0 Å². The predicted octanol–water partition coefficient (Wildman–Crippen LogP) is 2.40. The van der Waals surface area contributed by atoms with E-state index >= 15 is 0 Å². The molecule has 1 aromatic heterocycles. The minimum Gasteiger partial charge on any atom is -0.492 e. The molecule has 82 valence electrons. The van der Waals surface area contributed by atoms with Gasteiger partial charge in [-0.2, -0.15) is 4.98 Å². The highest BCUT2D eigenvalue weighted by molar-refractivity contribution is 14.1. The second kappa shape index (κ2) is 4.42. The van der Waals surface area contributed by atoms with Crippen LogP contribution in [0.5, 0.6) is 5.88 Å². The summed E-state index contributed by atoms with van der Waals surface area (Å²) in [5.41, 5.74) is 0.277. The fourth-order valence-corrected chi connectivity index (χ4v) is 1.67. The number of rotatable bonds is 1. The fraction of sp³-hybridized carbons (Fsp3) is 0. The molecule has 0 fully saturated rings. The summed E-state index contributed by atoms with van der Waals surface area (Å²) in [6, 6.07) is 6.87. The second-order valence-electron chi connectivity index (χ2n) is 3.06. The maximum Gasteiger partial charge on any atom is 0.268 e. The van der Waals surface area contributed by atoms with E-state index in [4.69, 9.17) is 11.6 Å². The van der Waals surface area contributed by atoms with Crippen LogP contribution in [0.1, 0.15) is 0 Å². The van der Waals surface area contributed by atoms with E-state index in [1.807, 2.05) is 0 Å². The molecule has 2 rings (SSSR count). The number of H-pyrrole nitrogens is 1. The van der Waals surface area contributed by atoms with Crippen molar-refractivity contribution in [3.63, 3.8) is 0 Å².